The highest BCUT2D eigenvalue weighted by Gasteiger charge is 2.08. The molecule has 0 spiro atoms. The lowest BCUT2D eigenvalue weighted by Crippen LogP contribution is -1.99. The van der Waals surface area contributed by atoms with Gasteiger partial charge in [-0.1, -0.05) is 48.0 Å². The molecule has 0 aromatic heterocycles. The van der Waals surface area contributed by atoms with Crippen molar-refractivity contribution in [2.45, 2.75) is 25.9 Å². The van der Waals surface area contributed by atoms with Crippen LogP contribution in [-0.4, -0.2) is 10.2 Å². The standard InChI is InChI=1S/C16H18O2/c1-12-6-8-14(9-7-12)16(18)11-10-13-4-2-3-5-15(13)17/h2-9,16-18H,10-11H2,1H3. The minimum Gasteiger partial charge on any atom is -0.508 e. The molecule has 2 nitrogen and oxygen atoms in total. The Hall–Kier alpha value is -1.80. The van der Waals surface area contributed by atoms with Crippen LogP contribution >= 0.6 is 0 Å². The summed E-state index contributed by atoms with van der Waals surface area (Å²) in [6, 6.07) is 15.2. The molecule has 2 aromatic rings. The average molecular weight is 242 g/mol. The highest BCUT2D eigenvalue weighted by molar-refractivity contribution is 5.32. The van der Waals surface area contributed by atoms with Crippen LogP contribution in [0.1, 0.15) is 29.2 Å². The molecule has 1 unspecified atom stereocenters. The number of para-hydroxylation sites is 1. The van der Waals surface area contributed by atoms with Crippen molar-refractivity contribution in [3.05, 3.63) is 65.2 Å². The Morgan fingerprint density at radius 2 is 1.67 bits per heavy atom. The van der Waals surface area contributed by atoms with Gasteiger partial charge in [-0.05, 0) is 37.0 Å². The second kappa shape index (κ2) is 5.69. The summed E-state index contributed by atoms with van der Waals surface area (Å²) in [5.74, 6) is 0.300. The molecule has 0 bridgehead atoms. The molecule has 0 amide bonds. The molecule has 2 rings (SSSR count). The lowest BCUT2D eigenvalue weighted by Gasteiger charge is -2.11. The van der Waals surface area contributed by atoms with Gasteiger partial charge in [-0.2, -0.15) is 0 Å². The second-order valence-electron chi connectivity index (χ2n) is 4.59. The van der Waals surface area contributed by atoms with E-state index in [1.54, 1.807) is 12.1 Å². The van der Waals surface area contributed by atoms with E-state index in [1.807, 2.05) is 43.3 Å². The number of phenols is 1. The third-order valence-electron chi connectivity index (χ3n) is 3.14. The molecule has 1 atom stereocenters. The predicted octanol–water partition coefficient (Wildman–Crippen LogP) is 3.37. The van der Waals surface area contributed by atoms with Crippen molar-refractivity contribution in [2.24, 2.45) is 0 Å². The summed E-state index contributed by atoms with van der Waals surface area (Å²) in [7, 11) is 0. The van der Waals surface area contributed by atoms with Gasteiger partial charge in [-0.25, -0.2) is 0 Å². The molecule has 94 valence electrons. The van der Waals surface area contributed by atoms with Crippen molar-refractivity contribution >= 4 is 0 Å². The smallest absolute Gasteiger partial charge is 0.118 e. The first-order valence-corrected chi connectivity index (χ1v) is 6.18. The predicted molar refractivity (Wildman–Crippen MR) is 72.6 cm³/mol. The number of aryl methyl sites for hydroxylation is 2. The number of aliphatic hydroxyl groups is 1. The molecule has 0 fully saturated rings. The van der Waals surface area contributed by atoms with Gasteiger partial charge >= 0.3 is 0 Å². The summed E-state index contributed by atoms with van der Waals surface area (Å²) < 4.78 is 0. The first kappa shape index (κ1) is 12.7. The maximum Gasteiger partial charge on any atom is 0.118 e. The fourth-order valence-electron chi connectivity index (χ4n) is 1.97. The van der Waals surface area contributed by atoms with Crippen molar-refractivity contribution in [1.82, 2.24) is 0 Å². The first-order valence-electron chi connectivity index (χ1n) is 6.18. The summed E-state index contributed by atoms with van der Waals surface area (Å²) in [6.45, 7) is 2.03. The van der Waals surface area contributed by atoms with Crippen molar-refractivity contribution in [1.29, 1.82) is 0 Å². The molecule has 2 N–H and O–H groups in total. The topological polar surface area (TPSA) is 40.5 Å². The highest BCUT2D eigenvalue weighted by atomic mass is 16.3. The zero-order chi connectivity index (χ0) is 13.0. The van der Waals surface area contributed by atoms with Gasteiger partial charge in [0.25, 0.3) is 0 Å². The van der Waals surface area contributed by atoms with Crippen molar-refractivity contribution in [2.75, 3.05) is 0 Å². The van der Waals surface area contributed by atoms with Gasteiger partial charge in [-0.3, -0.25) is 0 Å². The van der Waals surface area contributed by atoms with E-state index in [0.29, 0.717) is 18.6 Å². The Bertz CT molecular complexity index is 503. The Kier molecular flexibility index (Phi) is 4.00. The van der Waals surface area contributed by atoms with Crippen LogP contribution in [0, 0.1) is 6.92 Å². The van der Waals surface area contributed by atoms with Crippen LogP contribution in [0.5, 0.6) is 5.75 Å². The normalized spacial score (nSPS) is 12.3. The van der Waals surface area contributed by atoms with Crippen LogP contribution in [0.3, 0.4) is 0 Å². The van der Waals surface area contributed by atoms with Crippen LogP contribution in [0.2, 0.25) is 0 Å². The number of rotatable bonds is 4. The molecule has 0 aliphatic carbocycles. The zero-order valence-corrected chi connectivity index (χ0v) is 10.5. The van der Waals surface area contributed by atoms with E-state index in [0.717, 1.165) is 11.1 Å². The Labute approximate surface area is 108 Å². The van der Waals surface area contributed by atoms with Gasteiger partial charge in [0.05, 0.1) is 6.10 Å². The number of benzene rings is 2. The maximum atomic E-state index is 10.1. The highest BCUT2D eigenvalue weighted by Crippen LogP contribution is 2.23. The summed E-state index contributed by atoms with van der Waals surface area (Å²) in [6.07, 6.45) is 0.799. The third-order valence-corrected chi connectivity index (χ3v) is 3.14. The van der Waals surface area contributed by atoms with Crippen LogP contribution in [0.15, 0.2) is 48.5 Å². The Balaban J connectivity index is 1.98. The van der Waals surface area contributed by atoms with E-state index in [9.17, 15) is 10.2 Å². The lowest BCUT2D eigenvalue weighted by atomic mass is 10.00. The number of aromatic hydroxyl groups is 1. The van der Waals surface area contributed by atoms with Crippen molar-refractivity contribution < 1.29 is 10.2 Å². The van der Waals surface area contributed by atoms with Crippen LogP contribution in [0.25, 0.3) is 0 Å². The minimum atomic E-state index is -0.481. The molecule has 0 radical (unpaired) electrons. The molecule has 18 heavy (non-hydrogen) atoms. The van der Waals surface area contributed by atoms with Gasteiger partial charge < -0.3 is 10.2 Å². The molecule has 0 saturated heterocycles. The molecule has 0 heterocycles. The van der Waals surface area contributed by atoms with Gasteiger partial charge in [-0.15, -0.1) is 0 Å². The van der Waals surface area contributed by atoms with E-state index in [2.05, 4.69) is 0 Å². The van der Waals surface area contributed by atoms with Gasteiger partial charge in [0.2, 0.25) is 0 Å². The quantitative estimate of drug-likeness (QED) is 0.863. The molecular formula is C16H18O2. The van der Waals surface area contributed by atoms with E-state index in [-0.39, 0.29) is 0 Å². The Morgan fingerprint density at radius 3 is 2.33 bits per heavy atom. The largest absolute Gasteiger partial charge is 0.508 e. The summed E-state index contributed by atoms with van der Waals surface area (Å²) in [5.41, 5.74) is 2.99. The van der Waals surface area contributed by atoms with E-state index >= 15 is 0 Å². The van der Waals surface area contributed by atoms with Crippen LogP contribution in [0.4, 0.5) is 0 Å². The maximum absolute atomic E-state index is 10.1. The zero-order valence-electron chi connectivity index (χ0n) is 10.5. The minimum absolute atomic E-state index is 0.300. The number of hydrogen-bond donors (Lipinski definition) is 2. The number of hydrogen-bond acceptors (Lipinski definition) is 2. The fraction of sp³-hybridized carbons (Fsp3) is 0.250. The molecule has 2 aromatic carbocycles. The van der Waals surface area contributed by atoms with Crippen molar-refractivity contribution in [3.63, 3.8) is 0 Å². The molecule has 0 aliphatic rings. The first-order chi connectivity index (χ1) is 8.66. The lowest BCUT2D eigenvalue weighted by molar-refractivity contribution is 0.167. The summed E-state index contributed by atoms with van der Waals surface area (Å²) in [4.78, 5) is 0. The molecule has 2 heteroatoms. The summed E-state index contributed by atoms with van der Waals surface area (Å²) >= 11 is 0. The van der Waals surface area contributed by atoms with Crippen molar-refractivity contribution in [3.8, 4) is 5.75 Å². The second-order valence-corrected chi connectivity index (χ2v) is 4.59. The average Bonchev–Trinajstić information content (AvgIpc) is 2.38. The molecule has 0 saturated carbocycles. The Morgan fingerprint density at radius 1 is 1.00 bits per heavy atom. The third kappa shape index (κ3) is 3.11. The van der Waals surface area contributed by atoms with E-state index in [1.165, 1.54) is 5.56 Å². The van der Waals surface area contributed by atoms with Crippen LogP contribution < -0.4 is 0 Å². The monoisotopic (exact) mass is 242 g/mol. The van der Waals surface area contributed by atoms with Gasteiger partial charge in [0.1, 0.15) is 5.75 Å². The number of aliphatic hydroxyl groups excluding tert-OH is 1. The fourth-order valence-corrected chi connectivity index (χ4v) is 1.97. The summed E-state index contributed by atoms with van der Waals surface area (Å²) in [5, 5.41) is 19.7. The van der Waals surface area contributed by atoms with Gasteiger partial charge in [0.15, 0.2) is 0 Å². The SMILES string of the molecule is Cc1ccc(C(O)CCc2ccccc2O)cc1. The molecular weight excluding hydrogens is 224 g/mol. The van der Waals surface area contributed by atoms with Crippen LogP contribution in [-0.2, 0) is 6.42 Å². The van der Waals surface area contributed by atoms with E-state index in [4.69, 9.17) is 0 Å². The molecule has 0 aliphatic heterocycles. The van der Waals surface area contributed by atoms with E-state index < -0.39 is 6.10 Å². The van der Waals surface area contributed by atoms with Gasteiger partial charge in [0, 0.05) is 0 Å². The number of phenolic OH excluding ortho intramolecular Hbond substituents is 1.